The molecule has 1 aromatic rings. The molecule has 3 rings (SSSR count). The Morgan fingerprint density at radius 1 is 1.33 bits per heavy atom. The first kappa shape index (κ1) is 12.9. The van der Waals surface area contributed by atoms with Crippen molar-refractivity contribution in [1.82, 2.24) is 10.2 Å². The van der Waals surface area contributed by atoms with Crippen LogP contribution < -0.4 is 5.32 Å². The van der Waals surface area contributed by atoms with Gasteiger partial charge in [0.2, 0.25) is 0 Å². The third kappa shape index (κ3) is 2.60. The fraction of sp³-hybridized carbons (Fsp3) is 0.571. The number of hydrogen-bond acceptors (Lipinski definition) is 2. The number of hydrogen-bond donors (Lipinski definition) is 1. The molecule has 2 unspecified atom stereocenters. The second-order valence-corrected chi connectivity index (χ2v) is 6.55. The Bertz CT molecular complexity index is 438. The number of rotatable bonds is 3. The molecule has 2 fully saturated rings. The molecule has 0 aliphatic carbocycles. The van der Waals surface area contributed by atoms with Gasteiger partial charge in [-0.15, -0.1) is 0 Å². The molecule has 1 aromatic carbocycles. The number of nitrogens with one attached hydrogen (secondary N) is 1. The van der Waals surface area contributed by atoms with E-state index in [-0.39, 0.29) is 0 Å². The first-order valence-corrected chi connectivity index (χ1v) is 7.82. The standard InChI is InChI=1S/C14H18BrClN2/c15-12-4-3-11(16)8-10(12)9-17-13-5-7-18-6-1-2-14(13)18/h3-4,8,13-14,17H,1-2,5-7,9H2. The zero-order chi connectivity index (χ0) is 12.5. The van der Waals surface area contributed by atoms with Crippen LogP contribution in [0.5, 0.6) is 0 Å². The molecular weight excluding hydrogens is 312 g/mol. The van der Waals surface area contributed by atoms with Crippen molar-refractivity contribution in [3.8, 4) is 0 Å². The maximum Gasteiger partial charge on any atom is 0.0410 e. The van der Waals surface area contributed by atoms with Gasteiger partial charge in [0.05, 0.1) is 0 Å². The van der Waals surface area contributed by atoms with Crippen LogP contribution in [-0.4, -0.2) is 30.1 Å². The molecule has 1 N–H and O–H groups in total. The molecule has 0 aromatic heterocycles. The summed E-state index contributed by atoms with van der Waals surface area (Å²) in [7, 11) is 0. The summed E-state index contributed by atoms with van der Waals surface area (Å²) in [4.78, 5) is 2.63. The molecule has 2 aliphatic rings. The van der Waals surface area contributed by atoms with Crippen molar-refractivity contribution in [1.29, 1.82) is 0 Å². The molecule has 18 heavy (non-hydrogen) atoms. The van der Waals surface area contributed by atoms with E-state index < -0.39 is 0 Å². The van der Waals surface area contributed by atoms with Gasteiger partial charge in [-0.05, 0) is 49.6 Å². The molecule has 0 amide bonds. The average molecular weight is 330 g/mol. The molecular formula is C14H18BrClN2. The van der Waals surface area contributed by atoms with Crippen molar-refractivity contribution in [2.24, 2.45) is 0 Å². The highest BCUT2D eigenvalue weighted by Gasteiger charge is 2.36. The van der Waals surface area contributed by atoms with Crippen molar-refractivity contribution < 1.29 is 0 Å². The van der Waals surface area contributed by atoms with Crippen LogP contribution in [-0.2, 0) is 6.54 Å². The monoisotopic (exact) mass is 328 g/mol. The molecule has 0 saturated carbocycles. The highest BCUT2D eigenvalue weighted by molar-refractivity contribution is 9.10. The van der Waals surface area contributed by atoms with E-state index in [4.69, 9.17) is 11.6 Å². The van der Waals surface area contributed by atoms with Gasteiger partial charge in [-0.3, -0.25) is 4.90 Å². The fourth-order valence-electron chi connectivity index (χ4n) is 3.24. The summed E-state index contributed by atoms with van der Waals surface area (Å²) >= 11 is 9.63. The molecule has 0 bridgehead atoms. The summed E-state index contributed by atoms with van der Waals surface area (Å²) in [5.41, 5.74) is 1.25. The van der Waals surface area contributed by atoms with Crippen molar-refractivity contribution in [2.75, 3.05) is 13.1 Å². The van der Waals surface area contributed by atoms with E-state index in [2.05, 4.69) is 26.1 Å². The Morgan fingerprint density at radius 2 is 2.22 bits per heavy atom. The van der Waals surface area contributed by atoms with Crippen molar-refractivity contribution in [2.45, 2.75) is 37.9 Å². The Morgan fingerprint density at radius 3 is 3.11 bits per heavy atom. The van der Waals surface area contributed by atoms with E-state index in [0.29, 0.717) is 6.04 Å². The molecule has 2 nitrogen and oxygen atoms in total. The quantitative estimate of drug-likeness (QED) is 0.914. The lowest BCUT2D eigenvalue weighted by atomic mass is 10.1. The zero-order valence-electron chi connectivity index (χ0n) is 10.3. The Balaban J connectivity index is 1.62. The second kappa shape index (κ2) is 5.49. The van der Waals surface area contributed by atoms with Gasteiger partial charge in [0.25, 0.3) is 0 Å². The SMILES string of the molecule is Clc1ccc(Br)c(CNC2CCN3CCCC23)c1. The predicted octanol–water partition coefficient (Wildman–Crippen LogP) is 3.43. The lowest BCUT2D eigenvalue weighted by Crippen LogP contribution is -2.38. The highest BCUT2D eigenvalue weighted by atomic mass is 79.9. The summed E-state index contributed by atoms with van der Waals surface area (Å²) in [6.45, 7) is 3.46. The maximum absolute atomic E-state index is 6.04. The molecule has 98 valence electrons. The van der Waals surface area contributed by atoms with Crippen LogP contribution in [0.15, 0.2) is 22.7 Å². The van der Waals surface area contributed by atoms with E-state index in [9.17, 15) is 0 Å². The molecule has 2 atom stereocenters. The lowest BCUT2D eigenvalue weighted by molar-refractivity contribution is 0.298. The third-order valence-corrected chi connectivity index (χ3v) is 5.18. The summed E-state index contributed by atoms with van der Waals surface area (Å²) in [5, 5.41) is 4.52. The summed E-state index contributed by atoms with van der Waals surface area (Å²) in [6, 6.07) is 7.40. The van der Waals surface area contributed by atoms with Crippen LogP contribution in [0.2, 0.25) is 5.02 Å². The van der Waals surface area contributed by atoms with E-state index >= 15 is 0 Å². The van der Waals surface area contributed by atoms with Crippen LogP contribution in [0.25, 0.3) is 0 Å². The summed E-state index contributed by atoms with van der Waals surface area (Å²) in [6.07, 6.45) is 4.00. The minimum absolute atomic E-state index is 0.651. The fourth-order valence-corrected chi connectivity index (χ4v) is 3.82. The highest BCUT2D eigenvalue weighted by Crippen LogP contribution is 2.28. The topological polar surface area (TPSA) is 15.3 Å². The van der Waals surface area contributed by atoms with Crippen LogP contribution in [0.3, 0.4) is 0 Å². The second-order valence-electron chi connectivity index (χ2n) is 5.26. The van der Waals surface area contributed by atoms with Gasteiger partial charge < -0.3 is 5.32 Å². The summed E-state index contributed by atoms with van der Waals surface area (Å²) in [5.74, 6) is 0. The third-order valence-electron chi connectivity index (χ3n) is 4.17. The first-order chi connectivity index (χ1) is 8.74. The van der Waals surface area contributed by atoms with Crippen LogP contribution in [0.1, 0.15) is 24.8 Å². The van der Waals surface area contributed by atoms with Crippen molar-refractivity contribution in [3.05, 3.63) is 33.3 Å². The molecule has 2 aliphatic heterocycles. The van der Waals surface area contributed by atoms with E-state index in [0.717, 1.165) is 22.1 Å². The molecule has 2 heterocycles. The van der Waals surface area contributed by atoms with Crippen LogP contribution in [0, 0.1) is 0 Å². The zero-order valence-corrected chi connectivity index (χ0v) is 12.7. The average Bonchev–Trinajstić information content (AvgIpc) is 2.93. The van der Waals surface area contributed by atoms with Gasteiger partial charge in [0.1, 0.15) is 0 Å². The van der Waals surface area contributed by atoms with Gasteiger partial charge >= 0.3 is 0 Å². The van der Waals surface area contributed by atoms with Gasteiger partial charge in [0, 0.05) is 34.7 Å². The van der Waals surface area contributed by atoms with Crippen LogP contribution in [0.4, 0.5) is 0 Å². The minimum Gasteiger partial charge on any atom is -0.308 e. The van der Waals surface area contributed by atoms with Gasteiger partial charge in [0.15, 0.2) is 0 Å². The molecule has 2 saturated heterocycles. The van der Waals surface area contributed by atoms with Crippen LogP contribution >= 0.6 is 27.5 Å². The normalized spacial score (nSPS) is 27.7. The van der Waals surface area contributed by atoms with Crippen molar-refractivity contribution in [3.63, 3.8) is 0 Å². The number of benzene rings is 1. The van der Waals surface area contributed by atoms with Gasteiger partial charge in [-0.2, -0.15) is 0 Å². The smallest absolute Gasteiger partial charge is 0.0410 e. The molecule has 4 heteroatoms. The predicted molar refractivity (Wildman–Crippen MR) is 79.0 cm³/mol. The lowest BCUT2D eigenvalue weighted by Gasteiger charge is -2.21. The molecule has 0 radical (unpaired) electrons. The van der Waals surface area contributed by atoms with Gasteiger partial charge in [-0.25, -0.2) is 0 Å². The van der Waals surface area contributed by atoms with E-state index in [1.807, 2.05) is 18.2 Å². The number of halogens is 2. The minimum atomic E-state index is 0.651. The first-order valence-electron chi connectivity index (χ1n) is 6.65. The van der Waals surface area contributed by atoms with E-state index in [1.54, 1.807) is 0 Å². The summed E-state index contributed by atoms with van der Waals surface area (Å²) < 4.78 is 1.14. The van der Waals surface area contributed by atoms with Crippen molar-refractivity contribution >= 4 is 27.5 Å². The Kier molecular flexibility index (Phi) is 3.94. The largest absolute Gasteiger partial charge is 0.308 e. The Hall–Kier alpha value is -0.0900. The maximum atomic E-state index is 6.04. The number of nitrogens with zero attached hydrogens (tertiary/aromatic N) is 1. The number of fused-ring (bicyclic) bond motifs is 1. The Labute approximate surface area is 122 Å². The van der Waals surface area contributed by atoms with E-state index in [1.165, 1.54) is 37.9 Å². The van der Waals surface area contributed by atoms with Gasteiger partial charge in [-0.1, -0.05) is 27.5 Å². The molecule has 0 spiro atoms.